The van der Waals surface area contributed by atoms with Crippen LogP contribution in [0.5, 0.6) is 0 Å². The largest absolute Gasteiger partial charge is 0.316 e. The van der Waals surface area contributed by atoms with Crippen molar-refractivity contribution >= 4 is 0 Å². The predicted octanol–water partition coefficient (Wildman–Crippen LogP) is 1.13. The molecule has 0 aromatic rings. The second-order valence-electron chi connectivity index (χ2n) is 4.23. The summed E-state index contributed by atoms with van der Waals surface area (Å²) in [6, 6.07) is 0.890. The highest BCUT2D eigenvalue weighted by atomic mass is 14.9. The van der Waals surface area contributed by atoms with Gasteiger partial charge in [0, 0.05) is 6.04 Å². The molecule has 0 bridgehead atoms. The first-order valence-corrected chi connectivity index (χ1v) is 5.39. The normalized spacial score (nSPS) is 30.5. The van der Waals surface area contributed by atoms with Crippen LogP contribution >= 0.6 is 0 Å². The Hall–Kier alpha value is -0.0800. The zero-order valence-corrected chi connectivity index (χ0v) is 7.81. The van der Waals surface area contributed by atoms with E-state index >= 15 is 0 Å². The summed E-state index contributed by atoms with van der Waals surface area (Å²) in [5.41, 5.74) is 0. The first kappa shape index (κ1) is 8.52. The Bertz CT molecular complexity index is 126. The summed E-state index contributed by atoms with van der Waals surface area (Å²) in [7, 11) is 0. The van der Waals surface area contributed by atoms with Gasteiger partial charge in [0.15, 0.2) is 0 Å². The van der Waals surface area contributed by atoms with Crippen LogP contribution in [-0.2, 0) is 0 Å². The third-order valence-corrected chi connectivity index (χ3v) is 2.96. The molecule has 0 spiro atoms. The van der Waals surface area contributed by atoms with Crippen LogP contribution in [0.1, 0.15) is 32.1 Å². The molecule has 0 radical (unpaired) electrons. The van der Waals surface area contributed by atoms with Gasteiger partial charge in [-0.25, -0.2) is 0 Å². The van der Waals surface area contributed by atoms with Crippen LogP contribution < -0.4 is 10.6 Å². The Morgan fingerprint density at radius 1 is 1.25 bits per heavy atom. The molecule has 1 saturated carbocycles. The van der Waals surface area contributed by atoms with Crippen LogP contribution in [0.3, 0.4) is 0 Å². The molecule has 1 aliphatic carbocycles. The zero-order valence-electron chi connectivity index (χ0n) is 7.81. The molecule has 0 amide bonds. The Morgan fingerprint density at radius 3 is 2.83 bits per heavy atom. The van der Waals surface area contributed by atoms with Crippen molar-refractivity contribution in [3.63, 3.8) is 0 Å². The first-order valence-electron chi connectivity index (χ1n) is 5.39. The molecule has 70 valence electrons. The Kier molecular flexibility index (Phi) is 3.01. The fourth-order valence-corrected chi connectivity index (χ4v) is 1.95. The monoisotopic (exact) mass is 168 g/mol. The van der Waals surface area contributed by atoms with Gasteiger partial charge in [-0.2, -0.15) is 0 Å². The molecule has 12 heavy (non-hydrogen) atoms. The summed E-state index contributed by atoms with van der Waals surface area (Å²) < 4.78 is 0. The average molecular weight is 168 g/mol. The van der Waals surface area contributed by atoms with Crippen molar-refractivity contribution in [2.75, 3.05) is 19.6 Å². The first-order chi connectivity index (χ1) is 5.95. The van der Waals surface area contributed by atoms with E-state index in [9.17, 15) is 0 Å². The molecular formula is C10H20N2. The van der Waals surface area contributed by atoms with E-state index in [2.05, 4.69) is 10.6 Å². The summed E-state index contributed by atoms with van der Waals surface area (Å²) in [5, 5.41) is 7.04. The van der Waals surface area contributed by atoms with Crippen LogP contribution in [0.2, 0.25) is 0 Å². The van der Waals surface area contributed by atoms with Gasteiger partial charge >= 0.3 is 0 Å². The fraction of sp³-hybridized carbons (Fsp3) is 1.00. The molecular weight excluding hydrogens is 148 g/mol. The molecule has 0 unspecified atom stereocenters. The molecule has 2 fully saturated rings. The SMILES string of the molecule is C1CNC[C@@H](CCNC2CC2)C1. The number of hydrogen-bond acceptors (Lipinski definition) is 2. The van der Waals surface area contributed by atoms with Gasteiger partial charge in [-0.1, -0.05) is 0 Å². The third kappa shape index (κ3) is 2.76. The molecule has 2 rings (SSSR count). The van der Waals surface area contributed by atoms with Crippen molar-refractivity contribution in [3.05, 3.63) is 0 Å². The van der Waals surface area contributed by atoms with Gasteiger partial charge in [-0.15, -0.1) is 0 Å². The summed E-state index contributed by atoms with van der Waals surface area (Å²) in [5.74, 6) is 0.949. The summed E-state index contributed by atoms with van der Waals surface area (Å²) in [4.78, 5) is 0. The number of hydrogen-bond donors (Lipinski definition) is 2. The standard InChI is InChI=1S/C10H20N2/c1-2-9(8-11-6-1)5-7-12-10-3-4-10/h9-12H,1-8H2/t9-/m1/s1. The van der Waals surface area contributed by atoms with Crippen LogP contribution in [0.25, 0.3) is 0 Å². The van der Waals surface area contributed by atoms with Crippen molar-refractivity contribution in [1.82, 2.24) is 10.6 Å². The van der Waals surface area contributed by atoms with E-state index in [0.29, 0.717) is 0 Å². The molecule has 0 aromatic carbocycles. The Balaban J connectivity index is 1.52. The maximum Gasteiger partial charge on any atom is 0.00682 e. The second-order valence-corrected chi connectivity index (χ2v) is 4.23. The minimum absolute atomic E-state index is 0.890. The van der Waals surface area contributed by atoms with Gasteiger partial charge < -0.3 is 10.6 Å². The van der Waals surface area contributed by atoms with Gasteiger partial charge in [0.1, 0.15) is 0 Å². The highest BCUT2D eigenvalue weighted by Crippen LogP contribution is 2.19. The van der Waals surface area contributed by atoms with E-state index in [0.717, 1.165) is 12.0 Å². The zero-order chi connectivity index (χ0) is 8.23. The predicted molar refractivity (Wildman–Crippen MR) is 51.2 cm³/mol. The molecule has 2 aliphatic rings. The van der Waals surface area contributed by atoms with E-state index in [-0.39, 0.29) is 0 Å². The topological polar surface area (TPSA) is 24.1 Å². The quantitative estimate of drug-likeness (QED) is 0.657. The lowest BCUT2D eigenvalue weighted by Crippen LogP contribution is -2.32. The van der Waals surface area contributed by atoms with Crippen molar-refractivity contribution in [2.24, 2.45) is 5.92 Å². The second kappa shape index (κ2) is 4.24. The molecule has 1 heterocycles. The molecule has 1 saturated heterocycles. The number of rotatable bonds is 4. The average Bonchev–Trinajstić information content (AvgIpc) is 2.90. The van der Waals surface area contributed by atoms with E-state index < -0.39 is 0 Å². The van der Waals surface area contributed by atoms with Gasteiger partial charge in [-0.05, 0) is 57.7 Å². The molecule has 0 aromatic heterocycles. The van der Waals surface area contributed by atoms with E-state index in [1.165, 1.54) is 51.7 Å². The van der Waals surface area contributed by atoms with Gasteiger partial charge in [0.05, 0.1) is 0 Å². The lowest BCUT2D eigenvalue weighted by Gasteiger charge is -2.22. The number of piperidine rings is 1. The summed E-state index contributed by atoms with van der Waals surface area (Å²) in [6.45, 7) is 3.75. The van der Waals surface area contributed by atoms with Gasteiger partial charge in [-0.3, -0.25) is 0 Å². The highest BCUT2D eigenvalue weighted by Gasteiger charge is 2.20. The van der Waals surface area contributed by atoms with Crippen LogP contribution in [0.4, 0.5) is 0 Å². The summed E-state index contributed by atoms with van der Waals surface area (Å²) >= 11 is 0. The van der Waals surface area contributed by atoms with E-state index in [1.807, 2.05) is 0 Å². The fourth-order valence-electron chi connectivity index (χ4n) is 1.95. The smallest absolute Gasteiger partial charge is 0.00682 e. The molecule has 1 atom stereocenters. The van der Waals surface area contributed by atoms with Crippen molar-refractivity contribution in [3.8, 4) is 0 Å². The van der Waals surface area contributed by atoms with Crippen LogP contribution in [0.15, 0.2) is 0 Å². The van der Waals surface area contributed by atoms with Crippen LogP contribution in [0, 0.1) is 5.92 Å². The van der Waals surface area contributed by atoms with E-state index in [4.69, 9.17) is 0 Å². The number of nitrogens with one attached hydrogen (secondary N) is 2. The molecule has 2 nitrogen and oxygen atoms in total. The van der Waals surface area contributed by atoms with Gasteiger partial charge in [0.2, 0.25) is 0 Å². The Labute approximate surface area is 75.1 Å². The van der Waals surface area contributed by atoms with Crippen LogP contribution in [-0.4, -0.2) is 25.7 Å². The maximum atomic E-state index is 3.58. The van der Waals surface area contributed by atoms with Gasteiger partial charge in [0.25, 0.3) is 0 Å². The van der Waals surface area contributed by atoms with Crippen molar-refractivity contribution in [1.29, 1.82) is 0 Å². The molecule has 2 heteroatoms. The summed E-state index contributed by atoms with van der Waals surface area (Å²) in [6.07, 6.45) is 7.04. The van der Waals surface area contributed by atoms with Crippen molar-refractivity contribution in [2.45, 2.75) is 38.1 Å². The minimum atomic E-state index is 0.890. The van der Waals surface area contributed by atoms with E-state index in [1.54, 1.807) is 0 Å². The lowest BCUT2D eigenvalue weighted by atomic mass is 9.96. The molecule has 1 aliphatic heterocycles. The van der Waals surface area contributed by atoms with Crippen molar-refractivity contribution < 1.29 is 0 Å². The third-order valence-electron chi connectivity index (χ3n) is 2.96. The highest BCUT2D eigenvalue weighted by molar-refractivity contribution is 4.81. The molecule has 2 N–H and O–H groups in total. The maximum absolute atomic E-state index is 3.58. The lowest BCUT2D eigenvalue weighted by molar-refractivity contribution is 0.352. The Morgan fingerprint density at radius 2 is 2.17 bits per heavy atom. The minimum Gasteiger partial charge on any atom is -0.316 e.